The number of aromatic nitrogens is 1. The number of nitrogens with two attached hydrogens (primary N) is 1. The number of carbonyl (C=O) groups is 1. The van der Waals surface area contributed by atoms with Crippen molar-refractivity contribution in [3.05, 3.63) is 98.9 Å². The Morgan fingerprint density at radius 2 is 1.67 bits per heavy atom. The highest BCUT2D eigenvalue weighted by Crippen LogP contribution is 2.37. The summed E-state index contributed by atoms with van der Waals surface area (Å²) in [4.78, 5) is 30.0. The molecule has 7 nitrogen and oxygen atoms in total. The average Bonchev–Trinajstić information content (AvgIpc) is 2.83. The summed E-state index contributed by atoms with van der Waals surface area (Å²) < 4.78 is 5.82. The summed E-state index contributed by atoms with van der Waals surface area (Å²) in [6.07, 6.45) is 1.66. The second kappa shape index (κ2) is 10.1. The van der Waals surface area contributed by atoms with Crippen molar-refractivity contribution in [1.29, 1.82) is 0 Å². The van der Waals surface area contributed by atoms with Gasteiger partial charge in [0.2, 0.25) is 5.56 Å². The molecule has 3 aromatic carbocycles. The van der Waals surface area contributed by atoms with Crippen LogP contribution in [0.5, 0.6) is 5.75 Å². The van der Waals surface area contributed by atoms with Gasteiger partial charge >= 0.3 is 5.97 Å². The number of ether oxygens (including phenoxy) is 1. The molecule has 0 unspecified atom stereocenters. The molecule has 0 aliphatic carbocycles. The molecule has 8 heteroatoms. The molecule has 1 heterocycles. The predicted molar refractivity (Wildman–Crippen MR) is 144 cm³/mol. The first-order chi connectivity index (χ1) is 17.1. The molecule has 0 saturated heterocycles. The molecule has 4 rings (SSSR count). The first-order valence-electron chi connectivity index (χ1n) is 11.1. The molecule has 36 heavy (non-hydrogen) atoms. The van der Waals surface area contributed by atoms with Crippen molar-refractivity contribution in [3.63, 3.8) is 0 Å². The van der Waals surface area contributed by atoms with Gasteiger partial charge in [0, 0.05) is 24.8 Å². The van der Waals surface area contributed by atoms with Crippen LogP contribution in [0.3, 0.4) is 0 Å². The average molecular weight is 502 g/mol. The molecular formula is C28H24ClN3O4. The molecule has 0 amide bonds. The second-order valence-corrected chi connectivity index (χ2v) is 8.77. The number of pyridine rings is 1. The summed E-state index contributed by atoms with van der Waals surface area (Å²) in [6, 6.07) is 17.6. The second-order valence-electron chi connectivity index (χ2n) is 8.36. The molecule has 0 spiro atoms. The Labute approximate surface area is 212 Å². The monoisotopic (exact) mass is 501 g/mol. The molecule has 0 atom stereocenters. The van der Waals surface area contributed by atoms with Crippen LogP contribution in [0.15, 0.2) is 76.6 Å². The number of aliphatic imine (C=N–C) groups is 1. The van der Waals surface area contributed by atoms with Crippen LogP contribution in [-0.4, -0.2) is 22.0 Å². The molecule has 4 aromatic rings. The quantitative estimate of drug-likeness (QED) is 0.166. The fraction of sp³-hybridized carbons (Fsp3) is 0.107. The largest absolute Gasteiger partial charge is 0.478 e. The lowest BCUT2D eigenvalue weighted by molar-refractivity contribution is 0.0695. The Kier molecular flexibility index (Phi) is 6.94. The maximum Gasteiger partial charge on any atom is 0.336 e. The summed E-state index contributed by atoms with van der Waals surface area (Å²) in [7, 11) is 0. The van der Waals surface area contributed by atoms with Gasteiger partial charge in [-0.25, -0.2) is 9.79 Å². The van der Waals surface area contributed by atoms with Gasteiger partial charge in [0.15, 0.2) is 5.90 Å². The fourth-order valence-electron chi connectivity index (χ4n) is 3.80. The van der Waals surface area contributed by atoms with Crippen LogP contribution in [0.2, 0.25) is 5.02 Å². The lowest BCUT2D eigenvalue weighted by Gasteiger charge is -2.12. The number of halogens is 1. The van der Waals surface area contributed by atoms with E-state index in [1.807, 2.05) is 31.2 Å². The zero-order chi connectivity index (χ0) is 26.0. The third-order valence-corrected chi connectivity index (χ3v) is 6.16. The molecule has 0 fully saturated rings. The third kappa shape index (κ3) is 5.31. The smallest absolute Gasteiger partial charge is 0.336 e. The number of rotatable bonds is 5. The molecule has 0 saturated carbocycles. The van der Waals surface area contributed by atoms with Gasteiger partial charge in [0.05, 0.1) is 22.0 Å². The lowest BCUT2D eigenvalue weighted by atomic mass is 10.0. The van der Waals surface area contributed by atoms with E-state index in [9.17, 15) is 14.7 Å². The van der Waals surface area contributed by atoms with Crippen LogP contribution in [0.4, 0.5) is 11.4 Å². The van der Waals surface area contributed by atoms with E-state index in [1.54, 1.807) is 44.3 Å². The van der Waals surface area contributed by atoms with E-state index in [2.05, 4.69) is 9.98 Å². The number of carboxylic acid groups (broad SMARTS) is 1. The fourth-order valence-corrected chi connectivity index (χ4v) is 4.08. The van der Waals surface area contributed by atoms with E-state index in [4.69, 9.17) is 22.1 Å². The van der Waals surface area contributed by atoms with Crippen molar-refractivity contribution in [2.24, 2.45) is 4.99 Å². The van der Waals surface area contributed by atoms with Gasteiger partial charge in [-0.15, -0.1) is 0 Å². The van der Waals surface area contributed by atoms with E-state index in [0.717, 1.165) is 27.8 Å². The zero-order valence-corrected chi connectivity index (χ0v) is 20.7. The summed E-state index contributed by atoms with van der Waals surface area (Å²) >= 11 is 6.50. The van der Waals surface area contributed by atoms with Crippen LogP contribution in [0, 0.1) is 13.8 Å². The minimum absolute atomic E-state index is 0.156. The Hall–Kier alpha value is -4.36. The van der Waals surface area contributed by atoms with E-state index in [-0.39, 0.29) is 11.1 Å². The normalized spacial score (nSPS) is 11.4. The molecular weight excluding hydrogens is 478 g/mol. The van der Waals surface area contributed by atoms with Crippen LogP contribution in [0.25, 0.3) is 22.3 Å². The number of hydrogen-bond donors (Lipinski definition) is 3. The number of nitrogens with one attached hydrogen (secondary N) is 1. The number of nitrogens with zero attached hydrogens (tertiary/aromatic N) is 1. The first kappa shape index (κ1) is 24.8. The van der Waals surface area contributed by atoms with Crippen molar-refractivity contribution < 1.29 is 14.6 Å². The predicted octanol–water partition coefficient (Wildman–Crippen LogP) is 6.39. The Balaban J connectivity index is 1.63. The van der Waals surface area contributed by atoms with Crippen molar-refractivity contribution in [1.82, 2.24) is 4.98 Å². The molecule has 1 aromatic heterocycles. The highest BCUT2D eigenvalue weighted by Gasteiger charge is 2.13. The first-order valence-corrected chi connectivity index (χ1v) is 11.5. The van der Waals surface area contributed by atoms with Gasteiger partial charge in [-0.05, 0) is 72.0 Å². The van der Waals surface area contributed by atoms with Crippen molar-refractivity contribution in [2.75, 3.05) is 5.73 Å². The minimum atomic E-state index is -1.02. The van der Waals surface area contributed by atoms with Gasteiger partial charge in [0.1, 0.15) is 5.75 Å². The maximum absolute atomic E-state index is 11.5. The molecule has 0 aliphatic rings. The van der Waals surface area contributed by atoms with Crippen molar-refractivity contribution in [2.45, 2.75) is 20.8 Å². The highest BCUT2D eigenvalue weighted by molar-refractivity contribution is 6.33. The molecule has 182 valence electrons. The Bertz CT molecular complexity index is 1540. The van der Waals surface area contributed by atoms with E-state index in [0.29, 0.717) is 33.6 Å². The zero-order valence-electron chi connectivity index (χ0n) is 19.9. The van der Waals surface area contributed by atoms with Crippen LogP contribution >= 0.6 is 11.6 Å². The molecule has 0 bridgehead atoms. The molecule has 0 radical (unpaired) electrons. The van der Waals surface area contributed by atoms with E-state index >= 15 is 0 Å². The summed E-state index contributed by atoms with van der Waals surface area (Å²) in [5.74, 6) is -0.348. The number of aromatic carboxylic acids is 1. The van der Waals surface area contributed by atoms with Gasteiger partial charge in [-0.1, -0.05) is 35.9 Å². The Morgan fingerprint density at radius 3 is 2.31 bits per heavy atom. The number of benzene rings is 3. The number of H-pyrrole nitrogens is 1. The summed E-state index contributed by atoms with van der Waals surface area (Å²) in [5, 5.41) is 9.92. The number of hydrogen-bond acceptors (Lipinski definition) is 5. The minimum Gasteiger partial charge on any atom is -0.478 e. The Morgan fingerprint density at radius 1 is 1.00 bits per heavy atom. The lowest BCUT2D eigenvalue weighted by Crippen LogP contribution is -2.07. The summed E-state index contributed by atoms with van der Waals surface area (Å²) in [5.41, 5.74) is 12.0. The van der Waals surface area contributed by atoms with Crippen LogP contribution in [-0.2, 0) is 0 Å². The standard InChI is InChI=1S/C28H24ClN3O4/c1-15-10-21(11-22(16(15)2)28(34)35)36-17(3)32-26-12-23(24(29)13-25(26)30)19-6-4-18(5-7-19)20-8-9-27(33)31-14-20/h4-14H,30H2,1-3H3,(H,31,33)(H,34,35). The van der Waals surface area contributed by atoms with Crippen LogP contribution in [0.1, 0.15) is 28.4 Å². The van der Waals surface area contributed by atoms with Crippen LogP contribution < -0.4 is 16.0 Å². The maximum atomic E-state index is 11.5. The SMILES string of the molecule is CC(=Nc1cc(-c2ccc(-c3ccc(=O)[nH]c3)cc2)c(Cl)cc1N)Oc1cc(C)c(C)c(C(=O)O)c1. The van der Waals surface area contributed by atoms with Gasteiger partial charge in [-0.3, -0.25) is 4.79 Å². The molecule has 0 aliphatic heterocycles. The van der Waals surface area contributed by atoms with Gasteiger partial charge in [-0.2, -0.15) is 0 Å². The highest BCUT2D eigenvalue weighted by atomic mass is 35.5. The number of nitrogen functional groups attached to an aromatic ring is 1. The van der Waals surface area contributed by atoms with Crippen molar-refractivity contribution >= 4 is 34.8 Å². The van der Waals surface area contributed by atoms with Crippen molar-refractivity contribution in [3.8, 4) is 28.0 Å². The number of carboxylic acids is 1. The number of aromatic amines is 1. The number of anilines is 1. The summed E-state index contributed by atoms with van der Waals surface area (Å²) in [6.45, 7) is 5.25. The van der Waals surface area contributed by atoms with Gasteiger partial charge < -0.3 is 20.6 Å². The third-order valence-electron chi connectivity index (χ3n) is 5.84. The van der Waals surface area contributed by atoms with E-state index < -0.39 is 5.97 Å². The van der Waals surface area contributed by atoms with Gasteiger partial charge in [0.25, 0.3) is 0 Å². The topological polar surface area (TPSA) is 118 Å². The number of aryl methyl sites for hydroxylation is 1. The molecule has 4 N–H and O–H groups in total. The van der Waals surface area contributed by atoms with E-state index in [1.165, 1.54) is 12.1 Å².